The van der Waals surface area contributed by atoms with Gasteiger partial charge in [-0.2, -0.15) is 0 Å². The number of nitrogens with zero attached hydrogens (tertiary/aromatic N) is 1. The van der Waals surface area contributed by atoms with E-state index in [1.807, 2.05) is 25.1 Å². The fourth-order valence-electron chi connectivity index (χ4n) is 3.00. The van der Waals surface area contributed by atoms with E-state index in [4.69, 9.17) is 5.11 Å². The lowest BCUT2D eigenvalue weighted by Crippen LogP contribution is -2.37. The smallest absolute Gasteiger partial charge is 0.322 e. The number of urea groups is 1. The second-order valence-electron chi connectivity index (χ2n) is 6.60. The third-order valence-corrected chi connectivity index (χ3v) is 4.49. The Morgan fingerprint density at radius 1 is 1.21 bits per heavy atom. The topological polar surface area (TPSA) is 85.4 Å². The van der Waals surface area contributed by atoms with Crippen LogP contribution in [0.1, 0.15) is 17.5 Å². The Hall–Kier alpha value is -3.19. The second kappa shape index (κ2) is 8.67. The molecule has 28 heavy (non-hydrogen) atoms. The lowest BCUT2D eigenvalue weighted by molar-refractivity contribution is 0.199. The molecule has 146 valence electrons. The summed E-state index contributed by atoms with van der Waals surface area (Å²) in [6.45, 7) is 2.20. The molecule has 7 heteroatoms. The van der Waals surface area contributed by atoms with Gasteiger partial charge >= 0.3 is 6.03 Å². The van der Waals surface area contributed by atoms with Gasteiger partial charge in [0.2, 0.25) is 0 Å². The summed E-state index contributed by atoms with van der Waals surface area (Å²) in [7, 11) is 0. The molecule has 0 atom stereocenters. The third-order valence-electron chi connectivity index (χ3n) is 4.49. The number of hydrogen-bond donors (Lipinski definition) is 3. The van der Waals surface area contributed by atoms with Gasteiger partial charge in [0, 0.05) is 24.4 Å². The Morgan fingerprint density at radius 2 is 1.96 bits per heavy atom. The number of aliphatic hydroxyl groups excluding tert-OH is 1. The molecule has 3 N–H and O–H groups in total. The van der Waals surface area contributed by atoms with Gasteiger partial charge in [-0.25, -0.2) is 9.18 Å². The van der Waals surface area contributed by atoms with Crippen molar-refractivity contribution in [2.24, 2.45) is 0 Å². The normalized spacial score (nSPS) is 10.8. The van der Waals surface area contributed by atoms with Crippen LogP contribution in [-0.4, -0.2) is 34.2 Å². The molecule has 0 bridgehead atoms. The minimum atomic E-state index is -0.427. The van der Waals surface area contributed by atoms with Crippen molar-refractivity contribution >= 4 is 22.6 Å². The van der Waals surface area contributed by atoms with E-state index in [-0.39, 0.29) is 25.3 Å². The van der Waals surface area contributed by atoms with Crippen molar-refractivity contribution in [3.63, 3.8) is 0 Å². The zero-order valence-electron chi connectivity index (χ0n) is 15.5. The number of aryl methyl sites for hydroxylation is 1. The highest BCUT2D eigenvalue weighted by molar-refractivity contribution is 5.89. The molecule has 0 aliphatic heterocycles. The number of aromatic nitrogens is 1. The number of rotatable bonds is 6. The highest BCUT2D eigenvalue weighted by Gasteiger charge is 2.16. The van der Waals surface area contributed by atoms with E-state index < -0.39 is 11.8 Å². The maximum Gasteiger partial charge on any atom is 0.322 e. The van der Waals surface area contributed by atoms with Crippen LogP contribution in [0, 0.1) is 12.7 Å². The fourth-order valence-corrected chi connectivity index (χ4v) is 3.00. The predicted molar refractivity (Wildman–Crippen MR) is 107 cm³/mol. The number of anilines is 1. The summed E-state index contributed by atoms with van der Waals surface area (Å²) in [5, 5.41) is 12.7. The average molecular weight is 383 g/mol. The Labute approximate surface area is 161 Å². The zero-order chi connectivity index (χ0) is 20.1. The van der Waals surface area contributed by atoms with E-state index in [1.165, 1.54) is 29.2 Å². The van der Waals surface area contributed by atoms with Crippen molar-refractivity contribution in [1.29, 1.82) is 0 Å². The number of carbonyl (C=O) groups is 1. The maximum absolute atomic E-state index is 13.0. The number of H-pyrrole nitrogens is 1. The Balaban J connectivity index is 1.84. The lowest BCUT2D eigenvalue weighted by Gasteiger charge is -2.23. The molecular formula is C21H22FN3O3. The van der Waals surface area contributed by atoms with Gasteiger partial charge in [0.1, 0.15) is 5.82 Å². The Bertz CT molecular complexity index is 1030. The van der Waals surface area contributed by atoms with Crippen molar-refractivity contribution in [2.45, 2.75) is 19.9 Å². The molecule has 2 aromatic carbocycles. The number of amides is 2. The molecule has 0 saturated carbocycles. The molecule has 0 fully saturated rings. The molecule has 2 amide bonds. The first-order chi connectivity index (χ1) is 13.5. The number of carbonyl (C=O) groups excluding carboxylic acids is 1. The van der Waals surface area contributed by atoms with Crippen molar-refractivity contribution in [2.75, 3.05) is 18.5 Å². The Kier molecular flexibility index (Phi) is 6.06. The Morgan fingerprint density at radius 3 is 2.68 bits per heavy atom. The van der Waals surface area contributed by atoms with E-state index in [1.54, 1.807) is 6.07 Å². The summed E-state index contributed by atoms with van der Waals surface area (Å²) in [5.41, 5.74) is 2.38. The minimum absolute atomic E-state index is 0.0758. The van der Waals surface area contributed by atoms with Crippen LogP contribution in [0.2, 0.25) is 0 Å². The number of nitrogens with one attached hydrogen (secondary N) is 2. The molecule has 0 unspecified atom stereocenters. The highest BCUT2D eigenvalue weighted by Crippen LogP contribution is 2.16. The van der Waals surface area contributed by atoms with Crippen molar-refractivity contribution in [3.8, 4) is 0 Å². The third kappa shape index (κ3) is 4.55. The van der Waals surface area contributed by atoms with Crippen LogP contribution < -0.4 is 10.9 Å². The number of halogens is 1. The van der Waals surface area contributed by atoms with Crippen molar-refractivity contribution in [3.05, 3.63) is 75.8 Å². The number of hydrogen-bond acceptors (Lipinski definition) is 3. The number of fused-ring (bicyclic) bond motifs is 1. The zero-order valence-corrected chi connectivity index (χ0v) is 15.5. The van der Waals surface area contributed by atoms with Gasteiger partial charge in [-0.1, -0.05) is 18.2 Å². The van der Waals surface area contributed by atoms with Crippen molar-refractivity contribution < 1.29 is 14.3 Å². The predicted octanol–water partition coefficient (Wildman–Crippen LogP) is 3.39. The van der Waals surface area contributed by atoms with Crippen LogP contribution in [-0.2, 0) is 6.54 Å². The molecular weight excluding hydrogens is 361 g/mol. The average Bonchev–Trinajstić information content (AvgIpc) is 2.68. The maximum atomic E-state index is 13.0. The first-order valence-electron chi connectivity index (χ1n) is 9.02. The van der Waals surface area contributed by atoms with Gasteiger partial charge in [0.05, 0.1) is 12.1 Å². The number of benzene rings is 2. The van der Waals surface area contributed by atoms with Crippen LogP contribution in [0.15, 0.2) is 53.3 Å². The first kappa shape index (κ1) is 19.6. The lowest BCUT2D eigenvalue weighted by atomic mass is 10.1. The van der Waals surface area contributed by atoms with Gasteiger partial charge < -0.3 is 20.3 Å². The van der Waals surface area contributed by atoms with E-state index in [0.717, 1.165) is 16.5 Å². The van der Waals surface area contributed by atoms with Crippen LogP contribution in [0.5, 0.6) is 0 Å². The molecule has 0 spiro atoms. The fraction of sp³-hybridized carbons (Fsp3) is 0.238. The van der Waals surface area contributed by atoms with Gasteiger partial charge in [-0.05, 0) is 54.6 Å². The number of aliphatic hydroxyl groups is 1. The van der Waals surface area contributed by atoms with Crippen LogP contribution >= 0.6 is 0 Å². The second-order valence-corrected chi connectivity index (χ2v) is 6.60. The molecule has 6 nitrogen and oxygen atoms in total. The monoisotopic (exact) mass is 383 g/mol. The van der Waals surface area contributed by atoms with Crippen LogP contribution in [0.3, 0.4) is 0 Å². The molecule has 3 aromatic rings. The van der Waals surface area contributed by atoms with E-state index >= 15 is 0 Å². The number of pyridine rings is 1. The molecule has 3 rings (SSSR count). The van der Waals surface area contributed by atoms with Crippen LogP contribution in [0.25, 0.3) is 10.9 Å². The van der Waals surface area contributed by atoms with E-state index in [0.29, 0.717) is 17.7 Å². The molecule has 1 heterocycles. The standard InChI is InChI=1S/C21H22FN3O3/c1-14-4-2-5-15-12-16(20(27)24-19(14)15)13-25(10-3-11-26)21(28)23-18-8-6-17(22)7-9-18/h2,4-9,12,26H,3,10-11,13H2,1H3,(H,23,28)(H,24,27). The molecule has 0 radical (unpaired) electrons. The molecule has 0 aliphatic carbocycles. The summed E-state index contributed by atoms with van der Waals surface area (Å²) in [5.74, 6) is -0.395. The molecule has 0 aliphatic rings. The molecule has 0 saturated heterocycles. The summed E-state index contributed by atoms with van der Waals surface area (Å²) in [4.78, 5) is 29.5. The summed E-state index contributed by atoms with van der Waals surface area (Å²) in [6, 6.07) is 12.5. The summed E-state index contributed by atoms with van der Waals surface area (Å²) < 4.78 is 13.0. The van der Waals surface area contributed by atoms with Gasteiger partial charge in [-0.3, -0.25) is 4.79 Å². The summed E-state index contributed by atoms with van der Waals surface area (Å²) in [6.07, 6.45) is 0.376. The SMILES string of the molecule is Cc1cccc2cc(CN(CCCO)C(=O)Nc3ccc(F)cc3)c(=O)[nH]c12. The van der Waals surface area contributed by atoms with E-state index in [2.05, 4.69) is 10.3 Å². The van der Waals surface area contributed by atoms with Gasteiger partial charge in [0.15, 0.2) is 0 Å². The summed E-state index contributed by atoms with van der Waals surface area (Å²) >= 11 is 0. The quantitative estimate of drug-likeness (QED) is 0.610. The van der Waals surface area contributed by atoms with Crippen molar-refractivity contribution in [1.82, 2.24) is 9.88 Å². The first-order valence-corrected chi connectivity index (χ1v) is 9.02. The molecule has 1 aromatic heterocycles. The number of aromatic amines is 1. The van der Waals surface area contributed by atoms with Gasteiger partial charge in [0.25, 0.3) is 5.56 Å². The van der Waals surface area contributed by atoms with E-state index in [9.17, 15) is 14.0 Å². The van der Waals surface area contributed by atoms with Crippen LogP contribution in [0.4, 0.5) is 14.9 Å². The minimum Gasteiger partial charge on any atom is -0.396 e. The number of para-hydroxylation sites is 1. The van der Waals surface area contributed by atoms with Gasteiger partial charge in [-0.15, -0.1) is 0 Å². The largest absolute Gasteiger partial charge is 0.396 e. The highest BCUT2D eigenvalue weighted by atomic mass is 19.1.